The van der Waals surface area contributed by atoms with Gasteiger partial charge in [-0.15, -0.1) is 6.58 Å². The molecule has 2 aliphatic rings. The Labute approximate surface area is 75.4 Å². The van der Waals surface area contributed by atoms with E-state index in [-0.39, 0.29) is 0 Å². The van der Waals surface area contributed by atoms with Crippen molar-refractivity contribution in [2.75, 3.05) is 13.1 Å². The molecule has 0 aromatic carbocycles. The summed E-state index contributed by atoms with van der Waals surface area (Å²) in [5, 5.41) is 0. The second kappa shape index (κ2) is 2.88. The maximum Gasteiger partial charge on any atom is 0.0225 e. The van der Waals surface area contributed by atoms with Crippen LogP contribution in [0.4, 0.5) is 0 Å². The summed E-state index contributed by atoms with van der Waals surface area (Å²) in [6.07, 6.45) is 7.80. The lowest BCUT2D eigenvalue weighted by Crippen LogP contribution is -2.66. The Hall–Kier alpha value is -0.300. The minimum atomic E-state index is 0.548. The van der Waals surface area contributed by atoms with E-state index in [1.807, 2.05) is 6.08 Å². The van der Waals surface area contributed by atoms with Gasteiger partial charge in [-0.3, -0.25) is 4.90 Å². The predicted octanol–water partition coefficient (Wildman–Crippen LogP) is 2.44. The summed E-state index contributed by atoms with van der Waals surface area (Å²) >= 11 is 0. The first-order chi connectivity index (χ1) is 5.77. The van der Waals surface area contributed by atoms with E-state index in [0.717, 1.165) is 12.5 Å². The molecule has 0 aromatic heterocycles. The highest BCUT2D eigenvalue weighted by Gasteiger charge is 2.49. The zero-order valence-electron chi connectivity index (χ0n) is 8.05. The SMILES string of the molecule is C=CCN1C[C@@H]2CCCC[C@@]21C. The van der Waals surface area contributed by atoms with Crippen molar-refractivity contribution in [2.24, 2.45) is 5.92 Å². The molecule has 0 N–H and O–H groups in total. The molecule has 1 heteroatoms. The third-order valence-corrected chi connectivity index (χ3v) is 3.88. The first kappa shape index (κ1) is 8.31. The van der Waals surface area contributed by atoms with Crippen molar-refractivity contribution >= 4 is 0 Å². The van der Waals surface area contributed by atoms with Crippen LogP contribution in [0.5, 0.6) is 0 Å². The van der Waals surface area contributed by atoms with Crippen LogP contribution in [0, 0.1) is 5.92 Å². The molecular formula is C11H19N. The molecule has 0 spiro atoms. The van der Waals surface area contributed by atoms with Crippen LogP contribution in [0.2, 0.25) is 0 Å². The largest absolute Gasteiger partial charge is 0.294 e. The normalized spacial score (nSPS) is 41.6. The summed E-state index contributed by atoms with van der Waals surface area (Å²) in [7, 11) is 0. The van der Waals surface area contributed by atoms with E-state index in [1.54, 1.807) is 0 Å². The highest BCUT2D eigenvalue weighted by atomic mass is 15.3. The summed E-state index contributed by atoms with van der Waals surface area (Å²) in [5.41, 5.74) is 0.548. The Kier molecular flexibility index (Phi) is 1.99. The average molecular weight is 165 g/mol. The molecule has 0 aromatic rings. The Morgan fingerprint density at radius 1 is 1.58 bits per heavy atom. The third-order valence-electron chi connectivity index (χ3n) is 3.88. The second-order valence-corrected chi connectivity index (χ2v) is 4.49. The number of fused-ring (bicyclic) bond motifs is 1. The topological polar surface area (TPSA) is 3.24 Å². The van der Waals surface area contributed by atoms with Crippen molar-refractivity contribution in [3.8, 4) is 0 Å². The standard InChI is InChI=1S/C11H19N/c1-3-8-12-9-10-6-4-5-7-11(10,12)2/h3,10H,1,4-9H2,2H3/t10-,11-/m0/s1. The summed E-state index contributed by atoms with van der Waals surface area (Å²) in [4.78, 5) is 2.59. The van der Waals surface area contributed by atoms with Crippen LogP contribution in [-0.4, -0.2) is 23.5 Å². The van der Waals surface area contributed by atoms with E-state index in [0.29, 0.717) is 5.54 Å². The van der Waals surface area contributed by atoms with Crippen LogP contribution in [0.1, 0.15) is 32.6 Å². The van der Waals surface area contributed by atoms with Crippen molar-refractivity contribution in [1.82, 2.24) is 4.90 Å². The van der Waals surface area contributed by atoms with E-state index in [4.69, 9.17) is 0 Å². The Morgan fingerprint density at radius 2 is 2.42 bits per heavy atom. The van der Waals surface area contributed by atoms with Gasteiger partial charge >= 0.3 is 0 Å². The number of rotatable bonds is 2. The molecule has 2 fully saturated rings. The van der Waals surface area contributed by atoms with Crippen molar-refractivity contribution in [3.63, 3.8) is 0 Å². The highest BCUT2D eigenvalue weighted by Crippen LogP contribution is 2.46. The molecule has 2 rings (SSSR count). The van der Waals surface area contributed by atoms with Crippen molar-refractivity contribution in [1.29, 1.82) is 0 Å². The molecular weight excluding hydrogens is 146 g/mol. The van der Waals surface area contributed by atoms with Gasteiger partial charge in [-0.1, -0.05) is 18.9 Å². The van der Waals surface area contributed by atoms with E-state index >= 15 is 0 Å². The zero-order valence-corrected chi connectivity index (χ0v) is 8.05. The molecule has 0 bridgehead atoms. The van der Waals surface area contributed by atoms with E-state index in [9.17, 15) is 0 Å². The monoisotopic (exact) mass is 165 g/mol. The van der Waals surface area contributed by atoms with Crippen LogP contribution in [0.15, 0.2) is 12.7 Å². The molecule has 2 atom stereocenters. The third kappa shape index (κ3) is 1.03. The predicted molar refractivity (Wildman–Crippen MR) is 52.1 cm³/mol. The van der Waals surface area contributed by atoms with Gasteiger partial charge in [0.15, 0.2) is 0 Å². The Balaban J connectivity index is 2.00. The molecule has 0 amide bonds. The molecule has 1 saturated heterocycles. The van der Waals surface area contributed by atoms with Crippen LogP contribution >= 0.6 is 0 Å². The van der Waals surface area contributed by atoms with Crippen LogP contribution in [0.3, 0.4) is 0 Å². The van der Waals surface area contributed by atoms with Crippen LogP contribution in [-0.2, 0) is 0 Å². The molecule has 1 aliphatic heterocycles. The lowest BCUT2D eigenvalue weighted by molar-refractivity contribution is -0.0873. The summed E-state index contributed by atoms with van der Waals surface area (Å²) in [6.45, 7) is 8.66. The fraction of sp³-hybridized carbons (Fsp3) is 0.818. The number of hydrogen-bond acceptors (Lipinski definition) is 1. The van der Waals surface area contributed by atoms with Gasteiger partial charge in [0.2, 0.25) is 0 Å². The quantitative estimate of drug-likeness (QED) is 0.568. The van der Waals surface area contributed by atoms with Crippen LogP contribution < -0.4 is 0 Å². The molecule has 12 heavy (non-hydrogen) atoms. The summed E-state index contributed by atoms with van der Waals surface area (Å²) in [6, 6.07) is 0. The van der Waals surface area contributed by atoms with E-state index in [1.165, 1.54) is 32.2 Å². The van der Waals surface area contributed by atoms with E-state index < -0.39 is 0 Å². The Bertz CT molecular complexity index is 187. The molecule has 0 radical (unpaired) electrons. The van der Waals surface area contributed by atoms with Crippen molar-refractivity contribution < 1.29 is 0 Å². The fourth-order valence-corrected chi connectivity index (χ4v) is 2.89. The lowest BCUT2D eigenvalue weighted by Gasteiger charge is -2.59. The van der Waals surface area contributed by atoms with Gasteiger partial charge < -0.3 is 0 Å². The maximum atomic E-state index is 3.81. The number of likely N-dealkylation sites (tertiary alicyclic amines) is 1. The first-order valence-corrected chi connectivity index (χ1v) is 5.13. The van der Waals surface area contributed by atoms with Crippen molar-refractivity contribution in [3.05, 3.63) is 12.7 Å². The average Bonchev–Trinajstić information content (AvgIpc) is 2.06. The smallest absolute Gasteiger partial charge is 0.0225 e. The molecule has 68 valence electrons. The van der Waals surface area contributed by atoms with Crippen LogP contribution in [0.25, 0.3) is 0 Å². The van der Waals surface area contributed by atoms with Gasteiger partial charge in [-0.2, -0.15) is 0 Å². The molecule has 0 unspecified atom stereocenters. The minimum Gasteiger partial charge on any atom is -0.294 e. The number of hydrogen-bond donors (Lipinski definition) is 0. The Morgan fingerprint density at radius 3 is 3.08 bits per heavy atom. The van der Waals surface area contributed by atoms with Gasteiger partial charge in [-0.25, -0.2) is 0 Å². The van der Waals surface area contributed by atoms with Crippen molar-refractivity contribution in [2.45, 2.75) is 38.1 Å². The van der Waals surface area contributed by atoms with Gasteiger partial charge in [0, 0.05) is 18.6 Å². The van der Waals surface area contributed by atoms with Gasteiger partial charge in [-0.05, 0) is 25.7 Å². The molecule has 1 heterocycles. The van der Waals surface area contributed by atoms with Gasteiger partial charge in [0.05, 0.1) is 0 Å². The first-order valence-electron chi connectivity index (χ1n) is 5.13. The fourth-order valence-electron chi connectivity index (χ4n) is 2.89. The zero-order chi connectivity index (χ0) is 8.60. The molecule has 1 nitrogen and oxygen atoms in total. The van der Waals surface area contributed by atoms with Gasteiger partial charge in [0.25, 0.3) is 0 Å². The minimum absolute atomic E-state index is 0.548. The molecule has 1 aliphatic carbocycles. The molecule has 1 saturated carbocycles. The van der Waals surface area contributed by atoms with Gasteiger partial charge in [0.1, 0.15) is 0 Å². The summed E-state index contributed by atoms with van der Waals surface area (Å²) in [5.74, 6) is 0.992. The van der Waals surface area contributed by atoms with E-state index in [2.05, 4.69) is 18.4 Å². The second-order valence-electron chi connectivity index (χ2n) is 4.49. The number of nitrogens with zero attached hydrogens (tertiary/aromatic N) is 1. The maximum absolute atomic E-state index is 3.81. The summed E-state index contributed by atoms with van der Waals surface area (Å²) < 4.78 is 0. The lowest BCUT2D eigenvalue weighted by atomic mass is 9.66. The highest BCUT2D eigenvalue weighted by molar-refractivity contribution is 5.06.